The highest BCUT2D eigenvalue weighted by molar-refractivity contribution is 6.29. The lowest BCUT2D eigenvalue weighted by atomic mass is 9.99. The Morgan fingerprint density at radius 1 is 1.47 bits per heavy atom. The molecule has 1 aromatic heterocycles. The van der Waals surface area contributed by atoms with E-state index in [0.717, 1.165) is 13.0 Å². The van der Waals surface area contributed by atoms with Crippen LogP contribution in [0.4, 0.5) is 5.82 Å². The molecule has 0 aromatic carbocycles. The molecule has 1 heterocycles. The van der Waals surface area contributed by atoms with Crippen molar-refractivity contribution in [3.8, 4) is 0 Å². The molecule has 1 aromatic rings. The molecule has 4 nitrogen and oxygen atoms in total. The predicted molar refractivity (Wildman–Crippen MR) is 78.0 cm³/mol. The zero-order valence-corrected chi connectivity index (χ0v) is 12.2. The number of unbranched alkanes of at least 4 members (excludes halogenated alkanes) is 1. The maximum absolute atomic E-state index is 10.9. The minimum Gasteiger partial charge on any atom is -0.478 e. The summed E-state index contributed by atoms with van der Waals surface area (Å²) in [4.78, 5) is 15.0. The van der Waals surface area contributed by atoms with E-state index in [4.69, 9.17) is 16.7 Å². The van der Waals surface area contributed by atoms with Crippen LogP contribution in [0.25, 0.3) is 0 Å². The molecule has 1 rings (SSSR count). The quantitative estimate of drug-likeness (QED) is 0.707. The van der Waals surface area contributed by atoms with Crippen molar-refractivity contribution in [3.63, 3.8) is 0 Å². The number of carbonyl (C=O) groups is 1. The molecule has 0 aliphatic heterocycles. The van der Waals surface area contributed by atoms with E-state index in [1.807, 2.05) is 0 Å². The fraction of sp³-hybridized carbons (Fsp3) is 0.571. The molecule has 0 amide bonds. The molecule has 106 valence electrons. The second-order valence-electron chi connectivity index (χ2n) is 4.67. The molecule has 1 atom stereocenters. The highest BCUT2D eigenvalue weighted by atomic mass is 35.5. The summed E-state index contributed by atoms with van der Waals surface area (Å²) in [6.07, 6.45) is 4.67. The number of nitrogens with one attached hydrogen (secondary N) is 1. The van der Waals surface area contributed by atoms with Gasteiger partial charge in [0, 0.05) is 6.54 Å². The number of aromatic nitrogens is 1. The third-order valence-corrected chi connectivity index (χ3v) is 3.35. The highest BCUT2D eigenvalue weighted by Gasteiger charge is 2.09. The molecule has 0 saturated heterocycles. The maximum atomic E-state index is 10.9. The second-order valence-corrected chi connectivity index (χ2v) is 5.05. The Hall–Kier alpha value is -1.29. The molecule has 0 radical (unpaired) electrons. The van der Waals surface area contributed by atoms with Gasteiger partial charge in [0.25, 0.3) is 0 Å². The van der Waals surface area contributed by atoms with E-state index in [9.17, 15) is 4.79 Å². The number of anilines is 1. The van der Waals surface area contributed by atoms with Crippen LogP contribution in [-0.4, -0.2) is 22.6 Å². The average molecular weight is 285 g/mol. The fourth-order valence-electron chi connectivity index (χ4n) is 1.90. The predicted octanol–water partition coefficient (Wildman–Crippen LogP) is 4.06. The van der Waals surface area contributed by atoms with Gasteiger partial charge in [-0.05, 0) is 24.5 Å². The van der Waals surface area contributed by atoms with Gasteiger partial charge < -0.3 is 10.4 Å². The number of carboxylic acid groups (broad SMARTS) is 1. The summed E-state index contributed by atoms with van der Waals surface area (Å²) in [7, 11) is 0. The lowest BCUT2D eigenvalue weighted by molar-refractivity contribution is 0.0697. The first-order chi connectivity index (χ1) is 9.06. The van der Waals surface area contributed by atoms with Crippen molar-refractivity contribution < 1.29 is 9.90 Å². The molecule has 0 aliphatic rings. The molecular formula is C14H21ClN2O2. The van der Waals surface area contributed by atoms with Crippen molar-refractivity contribution in [3.05, 3.63) is 22.8 Å². The molecular weight excluding hydrogens is 264 g/mol. The molecule has 1 unspecified atom stereocenters. The van der Waals surface area contributed by atoms with Crippen molar-refractivity contribution >= 4 is 23.4 Å². The molecule has 19 heavy (non-hydrogen) atoms. The Kier molecular flexibility index (Phi) is 6.64. The van der Waals surface area contributed by atoms with Crippen LogP contribution in [0.3, 0.4) is 0 Å². The monoisotopic (exact) mass is 284 g/mol. The second kappa shape index (κ2) is 8.00. The van der Waals surface area contributed by atoms with Gasteiger partial charge >= 0.3 is 5.97 Å². The highest BCUT2D eigenvalue weighted by Crippen LogP contribution is 2.17. The zero-order valence-electron chi connectivity index (χ0n) is 11.4. The number of rotatable bonds is 8. The topological polar surface area (TPSA) is 62.2 Å². The third kappa shape index (κ3) is 5.47. The molecule has 0 fully saturated rings. The number of nitrogens with zero attached hydrogens (tertiary/aromatic N) is 1. The minimum absolute atomic E-state index is 0.157. The number of aromatic carboxylic acids is 1. The summed E-state index contributed by atoms with van der Waals surface area (Å²) in [5, 5.41) is 12.3. The van der Waals surface area contributed by atoms with Crippen molar-refractivity contribution in [2.75, 3.05) is 11.9 Å². The molecule has 2 N–H and O–H groups in total. The van der Waals surface area contributed by atoms with Crippen molar-refractivity contribution in [2.45, 2.75) is 39.5 Å². The van der Waals surface area contributed by atoms with Gasteiger partial charge in [-0.15, -0.1) is 0 Å². The standard InChI is InChI=1S/C14H21ClN2O2/c1-3-5-6-10(4-2)9-16-13-8-11(14(18)19)7-12(15)17-13/h7-8,10H,3-6,9H2,1-2H3,(H,16,17)(H,18,19). The lowest BCUT2D eigenvalue weighted by Crippen LogP contribution is -2.15. The smallest absolute Gasteiger partial charge is 0.335 e. The molecule has 0 bridgehead atoms. The normalized spacial score (nSPS) is 12.2. The van der Waals surface area contributed by atoms with Gasteiger partial charge in [-0.25, -0.2) is 9.78 Å². The van der Waals surface area contributed by atoms with Gasteiger partial charge in [0.05, 0.1) is 5.56 Å². The van der Waals surface area contributed by atoms with Gasteiger partial charge in [-0.2, -0.15) is 0 Å². The van der Waals surface area contributed by atoms with E-state index in [1.54, 1.807) is 0 Å². The third-order valence-electron chi connectivity index (χ3n) is 3.16. The van der Waals surface area contributed by atoms with Crippen LogP contribution in [0.15, 0.2) is 12.1 Å². The van der Waals surface area contributed by atoms with Crippen molar-refractivity contribution in [2.24, 2.45) is 5.92 Å². The zero-order chi connectivity index (χ0) is 14.3. The summed E-state index contributed by atoms with van der Waals surface area (Å²) in [5.74, 6) is 0.110. The Labute approximate surface area is 119 Å². The number of halogens is 1. The van der Waals surface area contributed by atoms with E-state index >= 15 is 0 Å². The Morgan fingerprint density at radius 3 is 2.79 bits per heavy atom. The number of hydrogen-bond acceptors (Lipinski definition) is 3. The Bertz CT molecular complexity index is 424. The SMILES string of the molecule is CCCCC(CC)CNc1cc(C(=O)O)cc(Cl)n1. The van der Waals surface area contributed by atoms with Crippen molar-refractivity contribution in [1.29, 1.82) is 0 Å². The molecule has 5 heteroatoms. The Morgan fingerprint density at radius 2 is 2.21 bits per heavy atom. The maximum Gasteiger partial charge on any atom is 0.335 e. The van der Waals surface area contributed by atoms with E-state index in [2.05, 4.69) is 24.1 Å². The van der Waals surface area contributed by atoms with Crippen LogP contribution >= 0.6 is 11.6 Å². The summed E-state index contributed by atoms with van der Waals surface area (Å²) in [6.45, 7) is 5.14. The van der Waals surface area contributed by atoms with Gasteiger partial charge in [0.15, 0.2) is 0 Å². The van der Waals surface area contributed by atoms with Crippen LogP contribution in [0.2, 0.25) is 5.15 Å². The molecule has 0 aliphatic carbocycles. The first kappa shape index (κ1) is 15.8. The largest absolute Gasteiger partial charge is 0.478 e. The van der Waals surface area contributed by atoms with Gasteiger partial charge in [0.1, 0.15) is 11.0 Å². The first-order valence-corrected chi connectivity index (χ1v) is 7.09. The van der Waals surface area contributed by atoms with E-state index in [1.165, 1.54) is 31.4 Å². The summed E-state index contributed by atoms with van der Waals surface area (Å²) >= 11 is 5.81. The molecule has 0 saturated carbocycles. The number of pyridine rings is 1. The average Bonchev–Trinajstić information content (AvgIpc) is 2.38. The lowest BCUT2D eigenvalue weighted by Gasteiger charge is -2.16. The summed E-state index contributed by atoms with van der Waals surface area (Å²) < 4.78 is 0. The first-order valence-electron chi connectivity index (χ1n) is 6.71. The van der Waals surface area contributed by atoms with E-state index in [-0.39, 0.29) is 10.7 Å². The minimum atomic E-state index is -0.995. The van der Waals surface area contributed by atoms with Crippen LogP contribution in [0, 0.1) is 5.92 Å². The van der Waals surface area contributed by atoms with Crippen LogP contribution in [-0.2, 0) is 0 Å². The van der Waals surface area contributed by atoms with Crippen LogP contribution in [0.5, 0.6) is 0 Å². The van der Waals surface area contributed by atoms with Gasteiger partial charge in [-0.3, -0.25) is 0 Å². The van der Waals surface area contributed by atoms with Crippen molar-refractivity contribution in [1.82, 2.24) is 4.98 Å². The van der Waals surface area contributed by atoms with Crippen LogP contribution in [0.1, 0.15) is 49.9 Å². The van der Waals surface area contributed by atoms with Gasteiger partial charge in [-0.1, -0.05) is 44.7 Å². The Balaban J connectivity index is 2.63. The van der Waals surface area contributed by atoms with Gasteiger partial charge in [0.2, 0.25) is 0 Å². The fourth-order valence-corrected chi connectivity index (χ4v) is 2.11. The molecule has 0 spiro atoms. The van der Waals surface area contributed by atoms with E-state index < -0.39 is 5.97 Å². The number of carboxylic acids is 1. The number of hydrogen-bond donors (Lipinski definition) is 2. The van der Waals surface area contributed by atoms with Crippen LogP contribution < -0.4 is 5.32 Å². The summed E-state index contributed by atoms with van der Waals surface area (Å²) in [6, 6.07) is 2.87. The summed E-state index contributed by atoms with van der Waals surface area (Å²) in [5.41, 5.74) is 0.157. The van der Waals surface area contributed by atoms with E-state index in [0.29, 0.717) is 11.7 Å².